The summed E-state index contributed by atoms with van der Waals surface area (Å²) in [5.41, 5.74) is 7.31. The molecule has 3 fully saturated rings. The molecule has 4 heterocycles. The van der Waals surface area contributed by atoms with E-state index in [0.717, 1.165) is 67.2 Å². The number of hydrogen-bond donors (Lipinski definition) is 4. The number of aryl methyl sites for hydroxylation is 1. The van der Waals surface area contributed by atoms with Crippen molar-refractivity contribution in [2.24, 2.45) is 24.6 Å². The first-order chi connectivity index (χ1) is 31.8. The van der Waals surface area contributed by atoms with Crippen molar-refractivity contribution < 1.29 is 37.4 Å². The molecule has 4 aliphatic rings. The fourth-order valence-electron chi connectivity index (χ4n) is 10.4. The second-order valence-electron chi connectivity index (χ2n) is 17.9. The minimum Gasteiger partial charge on any atom is -0.494 e. The molecule has 3 aliphatic heterocycles. The molecule has 5 amide bonds. The summed E-state index contributed by atoms with van der Waals surface area (Å²) in [6, 6.07) is 19.0. The van der Waals surface area contributed by atoms with Crippen LogP contribution in [0.3, 0.4) is 0 Å². The maximum Gasteiger partial charge on any atom is 0.329 e. The monoisotopic (exact) mass is 922 g/mol. The highest BCUT2D eigenvalue weighted by Gasteiger charge is 2.50. The number of urea groups is 1. The first kappa shape index (κ1) is 44.9. The van der Waals surface area contributed by atoms with E-state index in [1.54, 1.807) is 4.68 Å². The highest BCUT2D eigenvalue weighted by molar-refractivity contribution is 6.34. The smallest absolute Gasteiger partial charge is 0.329 e. The van der Waals surface area contributed by atoms with Gasteiger partial charge in [0.15, 0.2) is 23.0 Å². The number of halogens is 3. The average molecular weight is 923 g/mol. The van der Waals surface area contributed by atoms with E-state index in [1.807, 2.05) is 67.4 Å². The second-order valence-corrected chi connectivity index (χ2v) is 18.3. The number of anilines is 2. The fraction of sp³-hybridized carbons (Fsp3) is 0.408. The lowest BCUT2D eigenvalue weighted by molar-refractivity contribution is -0.138. The largest absolute Gasteiger partial charge is 0.494 e. The van der Waals surface area contributed by atoms with Crippen LogP contribution < -0.4 is 36.1 Å². The Hall–Kier alpha value is -6.26. The summed E-state index contributed by atoms with van der Waals surface area (Å²) in [6.07, 6.45) is 5.04. The lowest BCUT2D eigenvalue weighted by atomic mass is 9.77. The third-order valence-corrected chi connectivity index (χ3v) is 14.5. The molecule has 14 nitrogen and oxygen atoms in total. The van der Waals surface area contributed by atoms with Crippen molar-refractivity contribution in [1.82, 2.24) is 25.3 Å². The number of nitrogens with one attached hydrogen (secondary N) is 3. The molecule has 9 rings (SSSR count). The Morgan fingerprint density at radius 3 is 2.42 bits per heavy atom. The Kier molecular flexibility index (Phi) is 12.4. The highest BCUT2D eigenvalue weighted by Crippen LogP contribution is 2.56. The van der Waals surface area contributed by atoms with Gasteiger partial charge in [-0.15, -0.1) is 0 Å². The van der Waals surface area contributed by atoms with Crippen LogP contribution in [0.15, 0.2) is 66.7 Å². The number of fused-ring (bicyclic) bond motifs is 2. The van der Waals surface area contributed by atoms with Gasteiger partial charge in [0.05, 0.1) is 23.2 Å². The zero-order valence-corrected chi connectivity index (χ0v) is 37.9. The van der Waals surface area contributed by atoms with Crippen molar-refractivity contribution in [3.05, 3.63) is 100 Å². The van der Waals surface area contributed by atoms with E-state index >= 15 is 8.78 Å². The van der Waals surface area contributed by atoms with Gasteiger partial charge >= 0.3 is 6.03 Å². The number of ether oxygens (including phenoxy) is 2. The number of methoxy groups -OCH3 is 1. The SMILES string of the molecule is COc1ccc(C(N)=O)c(-c2c(Cl)c(F)cc3c2C(C)C(CNC2CCC(C(=O)N4CCC(CNc5ccc6c(N7CCC(=O)NC7=O)nn(C)c6c5)CC4)CC2)(c2ccccc2)O3)c1F. The molecular weight excluding hydrogens is 870 g/mol. The molecule has 17 heteroatoms. The van der Waals surface area contributed by atoms with Gasteiger partial charge in [0.25, 0.3) is 0 Å². The Labute approximate surface area is 386 Å². The van der Waals surface area contributed by atoms with E-state index in [9.17, 15) is 19.2 Å². The maximum atomic E-state index is 16.2. The summed E-state index contributed by atoms with van der Waals surface area (Å²) in [5.74, 6) is -2.34. The number of primary amides is 1. The van der Waals surface area contributed by atoms with Crippen LogP contribution in [0.1, 0.15) is 79.3 Å². The Balaban J connectivity index is 0.818. The van der Waals surface area contributed by atoms with Gasteiger partial charge in [0, 0.05) is 97.9 Å². The summed E-state index contributed by atoms with van der Waals surface area (Å²) < 4.78 is 45.7. The number of piperidine rings is 1. The van der Waals surface area contributed by atoms with Gasteiger partial charge in [0.1, 0.15) is 11.6 Å². The minimum atomic E-state index is -1.07. The molecule has 346 valence electrons. The third kappa shape index (κ3) is 8.18. The summed E-state index contributed by atoms with van der Waals surface area (Å²) in [7, 11) is 3.13. The molecule has 2 saturated heterocycles. The lowest BCUT2D eigenvalue weighted by Crippen LogP contribution is -2.49. The Bertz CT molecular complexity index is 2720. The number of nitrogens with two attached hydrogens (primary N) is 1. The molecule has 2 unspecified atom stereocenters. The number of carbonyl (C=O) groups excluding carboxylic acids is 4. The number of amides is 5. The van der Waals surface area contributed by atoms with Crippen molar-refractivity contribution in [2.75, 3.05) is 50.1 Å². The van der Waals surface area contributed by atoms with E-state index in [0.29, 0.717) is 36.9 Å². The van der Waals surface area contributed by atoms with Gasteiger partial charge < -0.3 is 30.7 Å². The zero-order valence-electron chi connectivity index (χ0n) is 37.1. The van der Waals surface area contributed by atoms with Crippen LogP contribution in [0.25, 0.3) is 22.0 Å². The number of rotatable bonds is 12. The molecular formula is C49H53ClF2N8O6. The number of imide groups is 1. The number of benzene rings is 4. The van der Waals surface area contributed by atoms with Gasteiger partial charge in [-0.1, -0.05) is 48.9 Å². The molecule has 0 radical (unpaired) electrons. The Morgan fingerprint density at radius 2 is 1.73 bits per heavy atom. The van der Waals surface area contributed by atoms with Crippen molar-refractivity contribution >= 4 is 57.8 Å². The number of carbonyl (C=O) groups is 4. The van der Waals surface area contributed by atoms with Crippen molar-refractivity contribution in [3.8, 4) is 22.6 Å². The van der Waals surface area contributed by atoms with Crippen LogP contribution in [-0.2, 0) is 22.2 Å². The van der Waals surface area contributed by atoms with E-state index < -0.39 is 35.1 Å². The molecule has 1 saturated carbocycles. The lowest BCUT2D eigenvalue weighted by Gasteiger charge is -2.38. The first-order valence-corrected chi connectivity index (χ1v) is 22.9. The van der Waals surface area contributed by atoms with Gasteiger partial charge in [-0.3, -0.25) is 29.3 Å². The molecule has 1 aliphatic carbocycles. The normalized spacial score (nSPS) is 22.2. The summed E-state index contributed by atoms with van der Waals surface area (Å²) in [6.45, 7) is 4.70. The summed E-state index contributed by atoms with van der Waals surface area (Å²) >= 11 is 6.69. The van der Waals surface area contributed by atoms with E-state index in [-0.39, 0.29) is 70.0 Å². The van der Waals surface area contributed by atoms with E-state index in [2.05, 4.69) is 21.0 Å². The number of likely N-dealkylation sites (tertiary alicyclic amines) is 1. The summed E-state index contributed by atoms with van der Waals surface area (Å²) in [4.78, 5) is 54.2. The Morgan fingerprint density at radius 1 is 0.985 bits per heavy atom. The maximum absolute atomic E-state index is 16.2. The zero-order chi connectivity index (χ0) is 46.4. The van der Waals surface area contributed by atoms with Crippen molar-refractivity contribution in [3.63, 3.8) is 0 Å². The summed E-state index contributed by atoms with van der Waals surface area (Å²) in [5, 5.41) is 14.7. The molecule has 5 N–H and O–H groups in total. The molecule has 0 bridgehead atoms. The van der Waals surface area contributed by atoms with Crippen LogP contribution in [0, 0.1) is 23.5 Å². The third-order valence-electron chi connectivity index (χ3n) is 14.1. The fourth-order valence-corrected chi connectivity index (χ4v) is 10.7. The minimum absolute atomic E-state index is 0.00812. The molecule has 5 aromatic rings. The quantitative estimate of drug-likeness (QED) is 0.0983. The van der Waals surface area contributed by atoms with Crippen LogP contribution in [0.2, 0.25) is 5.02 Å². The van der Waals surface area contributed by atoms with Gasteiger partial charge in [-0.25, -0.2) is 13.6 Å². The molecule has 4 aromatic carbocycles. The molecule has 1 aromatic heterocycles. The predicted molar refractivity (Wildman–Crippen MR) is 247 cm³/mol. The van der Waals surface area contributed by atoms with Gasteiger partial charge in [-0.05, 0) is 80.3 Å². The molecule has 2 atom stereocenters. The molecule has 66 heavy (non-hydrogen) atoms. The van der Waals surface area contributed by atoms with Crippen molar-refractivity contribution in [1.29, 1.82) is 0 Å². The van der Waals surface area contributed by atoms with Gasteiger partial charge in [-0.2, -0.15) is 5.10 Å². The second kappa shape index (κ2) is 18.2. The average Bonchev–Trinajstić information content (AvgIpc) is 3.80. The van der Waals surface area contributed by atoms with Gasteiger partial charge in [0.2, 0.25) is 17.7 Å². The standard InChI is InChI=1S/C49H53ClF2N8O6/c1-27-40-38(24-35(51)43(50)42(40)41-34(45(53)62)15-16-37(65-3)44(41)52)66-49(27,30-7-5-4-6-8-30)26-55-31-11-9-29(10-12-31)47(63)59-20-17-28(18-21-59)25-54-32-13-14-33-36(23-32)58(2)57-46(33)60-22-19-39(61)56-48(60)64/h4-8,13-16,23-24,27-29,31,54-55H,9-12,17-22,25-26H2,1-3H3,(H2,53,62)(H,56,61,64). The first-order valence-electron chi connectivity index (χ1n) is 22.5. The molecule has 0 spiro atoms. The van der Waals surface area contributed by atoms with Crippen LogP contribution in [-0.4, -0.2) is 84.3 Å². The number of aromatic nitrogens is 2. The van der Waals surface area contributed by atoms with E-state index in [1.165, 1.54) is 30.2 Å². The van der Waals surface area contributed by atoms with Crippen molar-refractivity contribution in [2.45, 2.75) is 69.4 Å². The number of nitrogens with zero attached hydrogens (tertiary/aromatic N) is 4. The van der Waals surface area contributed by atoms with Crippen LogP contribution >= 0.6 is 11.6 Å². The number of hydrogen-bond acceptors (Lipinski definition) is 9. The highest BCUT2D eigenvalue weighted by atomic mass is 35.5. The van der Waals surface area contributed by atoms with E-state index in [4.69, 9.17) is 26.8 Å². The van der Waals surface area contributed by atoms with Crippen LogP contribution in [0.4, 0.5) is 25.1 Å². The predicted octanol–water partition coefficient (Wildman–Crippen LogP) is 7.62. The topological polar surface area (TPSA) is 173 Å². The van der Waals surface area contributed by atoms with Crippen LogP contribution in [0.5, 0.6) is 11.5 Å².